The van der Waals surface area contributed by atoms with Gasteiger partial charge < -0.3 is 10.1 Å². The Morgan fingerprint density at radius 3 is 2.44 bits per heavy atom. The van der Waals surface area contributed by atoms with Gasteiger partial charge in [-0.15, -0.1) is 0 Å². The van der Waals surface area contributed by atoms with Gasteiger partial charge in [-0.1, -0.05) is 19.1 Å². The molecule has 2 unspecified atom stereocenters. The summed E-state index contributed by atoms with van der Waals surface area (Å²) in [5, 5.41) is 3.38. The molecule has 0 radical (unpaired) electrons. The van der Waals surface area contributed by atoms with Crippen LogP contribution in [0.25, 0.3) is 0 Å². The lowest BCUT2D eigenvalue weighted by atomic mass is 10.0. The van der Waals surface area contributed by atoms with Crippen LogP contribution >= 0.6 is 0 Å². The third-order valence-corrected chi connectivity index (χ3v) is 2.69. The highest BCUT2D eigenvalue weighted by atomic mass is 19.1. The van der Waals surface area contributed by atoms with Crippen LogP contribution in [0.2, 0.25) is 0 Å². The highest BCUT2D eigenvalue weighted by Gasteiger charge is 2.13. The third-order valence-electron chi connectivity index (χ3n) is 2.69. The first-order valence-corrected chi connectivity index (χ1v) is 5.69. The van der Waals surface area contributed by atoms with E-state index in [1.165, 1.54) is 12.1 Å². The number of halogens is 1. The molecular formula is C13H20FNO. The Balaban J connectivity index is 2.72. The standard InChI is InChI=1S/C13H20FNO/c1-4-15-13(9-10(2)16-3)11-5-7-12(14)8-6-11/h5-8,10,13,15H,4,9H2,1-3H3. The third kappa shape index (κ3) is 3.91. The summed E-state index contributed by atoms with van der Waals surface area (Å²) in [6.07, 6.45) is 1.07. The van der Waals surface area contributed by atoms with E-state index in [-0.39, 0.29) is 18.0 Å². The fraction of sp³-hybridized carbons (Fsp3) is 0.538. The average Bonchev–Trinajstić information content (AvgIpc) is 2.29. The first-order chi connectivity index (χ1) is 7.67. The van der Waals surface area contributed by atoms with E-state index < -0.39 is 0 Å². The predicted octanol–water partition coefficient (Wildman–Crippen LogP) is 2.90. The maximum atomic E-state index is 12.8. The minimum Gasteiger partial charge on any atom is -0.382 e. The largest absolute Gasteiger partial charge is 0.382 e. The fourth-order valence-corrected chi connectivity index (χ4v) is 1.71. The van der Waals surface area contributed by atoms with Gasteiger partial charge in [0.25, 0.3) is 0 Å². The molecule has 90 valence electrons. The van der Waals surface area contributed by atoms with Crippen molar-refractivity contribution >= 4 is 0 Å². The van der Waals surface area contributed by atoms with E-state index in [0.29, 0.717) is 0 Å². The van der Waals surface area contributed by atoms with E-state index in [1.54, 1.807) is 7.11 Å². The summed E-state index contributed by atoms with van der Waals surface area (Å²) in [6.45, 7) is 4.99. The number of hydrogen-bond donors (Lipinski definition) is 1. The van der Waals surface area contributed by atoms with Gasteiger partial charge >= 0.3 is 0 Å². The molecule has 1 N–H and O–H groups in total. The van der Waals surface area contributed by atoms with Gasteiger partial charge in [-0.25, -0.2) is 4.39 Å². The Hall–Kier alpha value is -0.930. The highest BCUT2D eigenvalue weighted by Crippen LogP contribution is 2.19. The molecule has 0 saturated heterocycles. The topological polar surface area (TPSA) is 21.3 Å². The minimum atomic E-state index is -0.196. The summed E-state index contributed by atoms with van der Waals surface area (Å²) < 4.78 is 18.1. The van der Waals surface area contributed by atoms with Crippen molar-refractivity contribution in [1.82, 2.24) is 5.32 Å². The molecule has 0 spiro atoms. The van der Waals surface area contributed by atoms with E-state index in [0.717, 1.165) is 18.5 Å². The highest BCUT2D eigenvalue weighted by molar-refractivity contribution is 5.20. The van der Waals surface area contributed by atoms with Crippen molar-refractivity contribution in [1.29, 1.82) is 0 Å². The molecule has 0 amide bonds. The molecule has 2 nitrogen and oxygen atoms in total. The molecule has 2 atom stereocenters. The summed E-state index contributed by atoms with van der Waals surface area (Å²) >= 11 is 0. The second kappa shape index (κ2) is 6.61. The Morgan fingerprint density at radius 2 is 1.94 bits per heavy atom. The van der Waals surface area contributed by atoms with E-state index >= 15 is 0 Å². The lowest BCUT2D eigenvalue weighted by Gasteiger charge is -2.21. The van der Waals surface area contributed by atoms with E-state index in [9.17, 15) is 4.39 Å². The molecule has 3 heteroatoms. The van der Waals surface area contributed by atoms with E-state index in [1.807, 2.05) is 19.1 Å². The van der Waals surface area contributed by atoms with Crippen LogP contribution in [0.5, 0.6) is 0 Å². The van der Waals surface area contributed by atoms with Gasteiger partial charge in [0.1, 0.15) is 5.82 Å². The number of hydrogen-bond acceptors (Lipinski definition) is 2. The number of benzene rings is 1. The zero-order valence-corrected chi connectivity index (χ0v) is 10.2. The Morgan fingerprint density at radius 1 is 1.31 bits per heavy atom. The van der Waals surface area contributed by atoms with Crippen molar-refractivity contribution in [2.75, 3.05) is 13.7 Å². The molecular weight excluding hydrogens is 205 g/mol. The van der Waals surface area contributed by atoms with Crippen LogP contribution in [0.1, 0.15) is 31.9 Å². The van der Waals surface area contributed by atoms with Crippen LogP contribution in [0.15, 0.2) is 24.3 Å². The molecule has 1 aromatic carbocycles. The molecule has 1 rings (SSSR count). The van der Waals surface area contributed by atoms with Gasteiger partial charge in [0.15, 0.2) is 0 Å². The normalized spacial score (nSPS) is 14.8. The minimum absolute atomic E-state index is 0.189. The van der Waals surface area contributed by atoms with Gasteiger partial charge in [-0.3, -0.25) is 0 Å². The van der Waals surface area contributed by atoms with Crippen LogP contribution in [0.4, 0.5) is 4.39 Å². The molecule has 0 bridgehead atoms. The number of rotatable bonds is 6. The quantitative estimate of drug-likeness (QED) is 0.803. The summed E-state index contributed by atoms with van der Waals surface area (Å²) in [5.74, 6) is -0.196. The molecule has 0 aliphatic heterocycles. The molecule has 1 aromatic rings. The summed E-state index contributed by atoms with van der Waals surface area (Å²) in [5.41, 5.74) is 1.10. The van der Waals surface area contributed by atoms with Crippen LogP contribution < -0.4 is 5.32 Å². The average molecular weight is 225 g/mol. The zero-order valence-electron chi connectivity index (χ0n) is 10.2. The lowest BCUT2D eigenvalue weighted by Crippen LogP contribution is -2.25. The van der Waals surface area contributed by atoms with E-state index in [2.05, 4.69) is 12.2 Å². The second-order valence-corrected chi connectivity index (χ2v) is 3.94. The monoisotopic (exact) mass is 225 g/mol. The second-order valence-electron chi connectivity index (χ2n) is 3.94. The summed E-state index contributed by atoms with van der Waals surface area (Å²) in [7, 11) is 1.71. The van der Waals surface area contributed by atoms with E-state index in [4.69, 9.17) is 4.74 Å². The Bertz CT molecular complexity index is 299. The molecule has 0 saturated carbocycles. The molecule has 0 aliphatic rings. The van der Waals surface area contributed by atoms with Crippen LogP contribution in [0.3, 0.4) is 0 Å². The van der Waals surface area contributed by atoms with Gasteiger partial charge in [-0.2, -0.15) is 0 Å². The Labute approximate surface area is 96.8 Å². The molecule has 0 aliphatic carbocycles. The van der Waals surface area contributed by atoms with Gasteiger partial charge in [0.05, 0.1) is 6.10 Å². The number of nitrogens with one attached hydrogen (secondary N) is 1. The molecule has 0 heterocycles. The van der Waals surface area contributed by atoms with Crippen molar-refractivity contribution in [3.63, 3.8) is 0 Å². The van der Waals surface area contributed by atoms with Crippen molar-refractivity contribution in [2.45, 2.75) is 32.4 Å². The number of ether oxygens (including phenoxy) is 1. The summed E-state index contributed by atoms with van der Waals surface area (Å²) in [4.78, 5) is 0. The van der Waals surface area contributed by atoms with Crippen LogP contribution in [-0.4, -0.2) is 19.8 Å². The fourth-order valence-electron chi connectivity index (χ4n) is 1.71. The van der Waals surface area contributed by atoms with Crippen molar-refractivity contribution in [3.8, 4) is 0 Å². The Kier molecular flexibility index (Phi) is 5.43. The molecule has 16 heavy (non-hydrogen) atoms. The zero-order chi connectivity index (χ0) is 12.0. The molecule has 0 fully saturated rings. The van der Waals surface area contributed by atoms with Gasteiger partial charge in [0.2, 0.25) is 0 Å². The van der Waals surface area contributed by atoms with Crippen molar-refractivity contribution in [2.24, 2.45) is 0 Å². The maximum absolute atomic E-state index is 12.8. The smallest absolute Gasteiger partial charge is 0.123 e. The first-order valence-electron chi connectivity index (χ1n) is 5.69. The molecule has 0 aromatic heterocycles. The van der Waals surface area contributed by atoms with Gasteiger partial charge in [0, 0.05) is 13.2 Å². The number of methoxy groups -OCH3 is 1. The van der Waals surface area contributed by atoms with Crippen molar-refractivity contribution < 1.29 is 9.13 Å². The van der Waals surface area contributed by atoms with Gasteiger partial charge in [-0.05, 0) is 37.6 Å². The predicted molar refractivity (Wildman–Crippen MR) is 63.9 cm³/mol. The van der Waals surface area contributed by atoms with Crippen LogP contribution in [0, 0.1) is 5.82 Å². The van der Waals surface area contributed by atoms with Crippen molar-refractivity contribution in [3.05, 3.63) is 35.6 Å². The SMILES string of the molecule is CCNC(CC(C)OC)c1ccc(F)cc1. The summed E-state index contributed by atoms with van der Waals surface area (Å²) in [6, 6.07) is 6.87. The first kappa shape index (κ1) is 13.1. The lowest BCUT2D eigenvalue weighted by molar-refractivity contribution is 0.101. The maximum Gasteiger partial charge on any atom is 0.123 e. The van der Waals surface area contributed by atoms with Crippen LogP contribution in [-0.2, 0) is 4.74 Å².